The van der Waals surface area contributed by atoms with Gasteiger partial charge in [0.15, 0.2) is 0 Å². The number of hydrogen-bond acceptors (Lipinski definition) is 6. The van der Waals surface area contributed by atoms with Crippen molar-refractivity contribution >= 4 is 11.8 Å². The minimum atomic E-state index is -1.02. The van der Waals surface area contributed by atoms with Crippen LogP contribution in [0.25, 0.3) is 0 Å². The third-order valence-electron chi connectivity index (χ3n) is 3.29. The standard InChI is InChI=1S/C12H15N3O6/c1-20-9-4-5-13-11(10(9)15(18)19)21-7-8-3-2-6-14(8)12(16)17/h4-5,8H,2-3,6-7H2,1H3,(H,16,17)/t8-/m1/s1. The summed E-state index contributed by atoms with van der Waals surface area (Å²) in [6.45, 7) is 0.463. The fraction of sp³-hybridized carbons (Fsp3) is 0.500. The molecule has 9 heteroatoms. The molecule has 0 unspecified atom stereocenters. The van der Waals surface area contributed by atoms with Crippen LogP contribution >= 0.6 is 0 Å². The molecule has 1 atom stereocenters. The number of likely N-dealkylation sites (tertiary alicyclic amines) is 1. The third-order valence-corrected chi connectivity index (χ3v) is 3.29. The van der Waals surface area contributed by atoms with Crippen molar-refractivity contribution in [2.75, 3.05) is 20.3 Å². The number of hydrogen-bond donors (Lipinski definition) is 1. The lowest BCUT2D eigenvalue weighted by Crippen LogP contribution is -2.38. The first kappa shape index (κ1) is 14.8. The number of aromatic nitrogens is 1. The Hall–Kier alpha value is -2.58. The Kier molecular flexibility index (Phi) is 4.41. The molecule has 1 aliphatic rings. The molecule has 1 aliphatic heterocycles. The normalized spacial score (nSPS) is 17.6. The number of methoxy groups -OCH3 is 1. The van der Waals surface area contributed by atoms with Crippen LogP contribution in [0.15, 0.2) is 12.3 Å². The maximum Gasteiger partial charge on any atom is 0.407 e. The van der Waals surface area contributed by atoms with Crippen molar-refractivity contribution in [2.45, 2.75) is 18.9 Å². The van der Waals surface area contributed by atoms with Crippen LogP contribution < -0.4 is 9.47 Å². The van der Waals surface area contributed by atoms with Gasteiger partial charge in [0, 0.05) is 18.8 Å². The quantitative estimate of drug-likeness (QED) is 0.647. The fourth-order valence-corrected chi connectivity index (χ4v) is 2.29. The third kappa shape index (κ3) is 3.12. The van der Waals surface area contributed by atoms with Gasteiger partial charge in [-0.25, -0.2) is 9.78 Å². The molecular formula is C12H15N3O6. The molecule has 0 radical (unpaired) electrons. The van der Waals surface area contributed by atoms with Crippen LogP contribution in [-0.4, -0.2) is 52.3 Å². The second kappa shape index (κ2) is 6.25. The minimum Gasteiger partial charge on any atom is -0.490 e. The molecule has 2 rings (SSSR count). The molecule has 1 amide bonds. The topological polar surface area (TPSA) is 115 Å². The molecule has 1 N–H and O–H groups in total. The second-order valence-electron chi connectivity index (χ2n) is 4.51. The zero-order chi connectivity index (χ0) is 15.4. The van der Waals surface area contributed by atoms with Crippen molar-refractivity contribution < 1.29 is 24.3 Å². The Morgan fingerprint density at radius 2 is 2.43 bits per heavy atom. The summed E-state index contributed by atoms with van der Waals surface area (Å²) in [6.07, 6.45) is 1.72. The zero-order valence-electron chi connectivity index (χ0n) is 11.4. The number of carboxylic acid groups (broad SMARTS) is 1. The van der Waals surface area contributed by atoms with Gasteiger partial charge >= 0.3 is 11.8 Å². The Morgan fingerprint density at radius 3 is 3.05 bits per heavy atom. The summed E-state index contributed by atoms with van der Waals surface area (Å²) in [6, 6.07) is 1.04. The van der Waals surface area contributed by atoms with Crippen molar-refractivity contribution in [1.82, 2.24) is 9.88 Å². The Bertz CT molecular complexity index is 550. The first-order chi connectivity index (χ1) is 10.0. The Labute approximate surface area is 120 Å². The van der Waals surface area contributed by atoms with Gasteiger partial charge in [0.2, 0.25) is 5.75 Å². The van der Waals surface area contributed by atoms with Gasteiger partial charge in [0.1, 0.15) is 6.61 Å². The molecule has 0 aromatic carbocycles. The highest BCUT2D eigenvalue weighted by Gasteiger charge is 2.31. The molecule has 9 nitrogen and oxygen atoms in total. The van der Waals surface area contributed by atoms with E-state index in [4.69, 9.17) is 14.6 Å². The predicted octanol–water partition coefficient (Wildman–Crippen LogP) is 1.52. The number of pyridine rings is 1. The van der Waals surface area contributed by atoms with E-state index in [0.717, 1.165) is 6.42 Å². The Balaban J connectivity index is 2.13. The molecule has 1 fully saturated rings. The van der Waals surface area contributed by atoms with Gasteiger partial charge in [-0.05, 0) is 12.8 Å². The number of ether oxygens (including phenoxy) is 2. The van der Waals surface area contributed by atoms with Crippen molar-refractivity contribution in [3.8, 4) is 11.6 Å². The Morgan fingerprint density at radius 1 is 1.67 bits per heavy atom. The summed E-state index contributed by atoms with van der Waals surface area (Å²) in [5, 5.41) is 20.1. The molecular weight excluding hydrogens is 282 g/mol. The minimum absolute atomic E-state index is 0.0211. The highest BCUT2D eigenvalue weighted by atomic mass is 16.6. The second-order valence-corrected chi connectivity index (χ2v) is 4.51. The van der Waals surface area contributed by atoms with Crippen LogP contribution in [0.3, 0.4) is 0 Å². The maximum atomic E-state index is 11.1. The van der Waals surface area contributed by atoms with E-state index in [1.54, 1.807) is 0 Å². The average molecular weight is 297 g/mol. The summed E-state index contributed by atoms with van der Waals surface area (Å²) >= 11 is 0. The molecule has 0 aliphatic carbocycles. The molecule has 1 aromatic rings. The average Bonchev–Trinajstić information content (AvgIpc) is 2.92. The maximum absolute atomic E-state index is 11.1. The van der Waals surface area contributed by atoms with E-state index in [1.165, 1.54) is 24.3 Å². The summed E-state index contributed by atoms with van der Waals surface area (Å²) in [4.78, 5) is 26.6. The van der Waals surface area contributed by atoms with E-state index in [2.05, 4.69) is 4.98 Å². The summed E-state index contributed by atoms with van der Waals surface area (Å²) in [5.74, 6) is -0.122. The number of nitrogens with zero attached hydrogens (tertiary/aromatic N) is 3. The van der Waals surface area contributed by atoms with Crippen molar-refractivity contribution in [3.05, 3.63) is 22.4 Å². The van der Waals surface area contributed by atoms with Crippen molar-refractivity contribution in [3.63, 3.8) is 0 Å². The van der Waals surface area contributed by atoms with Gasteiger partial charge in [-0.3, -0.25) is 10.1 Å². The van der Waals surface area contributed by atoms with Crippen LogP contribution in [0.1, 0.15) is 12.8 Å². The van der Waals surface area contributed by atoms with Crippen LogP contribution in [0.4, 0.5) is 10.5 Å². The van der Waals surface area contributed by atoms with Gasteiger partial charge < -0.3 is 19.5 Å². The molecule has 0 bridgehead atoms. The summed E-state index contributed by atoms with van der Waals surface area (Å²) < 4.78 is 10.3. The van der Waals surface area contributed by atoms with Gasteiger partial charge in [0.25, 0.3) is 5.88 Å². The molecule has 1 aromatic heterocycles. The van der Waals surface area contributed by atoms with Gasteiger partial charge in [-0.1, -0.05) is 0 Å². The zero-order valence-corrected chi connectivity index (χ0v) is 11.4. The highest BCUT2D eigenvalue weighted by molar-refractivity contribution is 5.65. The fourth-order valence-electron chi connectivity index (χ4n) is 2.29. The van der Waals surface area contributed by atoms with Crippen LogP contribution in [0.5, 0.6) is 11.6 Å². The van der Waals surface area contributed by atoms with Gasteiger partial charge in [-0.2, -0.15) is 0 Å². The summed E-state index contributed by atoms with van der Waals surface area (Å²) in [5.41, 5.74) is -0.361. The first-order valence-electron chi connectivity index (χ1n) is 6.34. The lowest BCUT2D eigenvalue weighted by atomic mass is 10.2. The highest BCUT2D eigenvalue weighted by Crippen LogP contribution is 2.34. The van der Waals surface area contributed by atoms with E-state index in [0.29, 0.717) is 13.0 Å². The lowest BCUT2D eigenvalue weighted by molar-refractivity contribution is -0.387. The predicted molar refractivity (Wildman–Crippen MR) is 70.7 cm³/mol. The number of amides is 1. The van der Waals surface area contributed by atoms with E-state index < -0.39 is 11.0 Å². The SMILES string of the molecule is COc1ccnc(OC[C@H]2CCCN2C(=O)O)c1[N+](=O)[O-]. The molecule has 21 heavy (non-hydrogen) atoms. The van der Waals surface area contributed by atoms with E-state index >= 15 is 0 Å². The van der Waals surface area contributed by atoms with Crippen LogP contribution in [0, 0.1) is 10.1 Å². The smallest absolute Gasteiger partial charge is 0.407 e. The molecule has 2 heterocycles. The molecule has 0 saturated carbocycles. The van der Waals surface area contributed by atoms with Crippen LogP contribution in [0.2, 0.25) is 0 Å². The van der Waals surface area contributed by atoms with E-state index in [9.17, 15) is 14.9 Å². The summed E-state index contributed by atoms with van der Waals surface area (Å²) in [7, 11) is 1.31. The monoisotopic (exact) mass is 297 g/mol. The molecule has 1 saturated heterocycles. The molecule has 114 valence electrons. The number of carbonyl (C=O) groups is 1. The van der Waals surface area contributed by atoms with Crippen molar-refractivity contribution in [2.24, 2.45) is 0 Å². The number of nitro groups is 1. The number of rotatable bonds is 5. The van der Waals surface area contributed by atoms with E-state index in [1.807, 2.05) is 0 Å². The molecule has 0 spiro atoms. The largest absolute Gasteiger partial charge is 0.490 e. The lowest BCUT2D eigenvalue weighted by Gasteiger charge is -2.21. The van der Waals surface area contributed by atoms with Crippen LogP contribution in [-0.2, 0) is 0 Å². The van der Waals surface area contributed by atoms with E-state index in [-0.39, 0.29) is 30.0 Å². The van der Waals surface area contributed by atoms with Gasteiger partial charge in [-0.15, -0.1) is 0 Å². The first-order valence-corrected chi connectivity index (χ1v) is 6.34. The van der Waals surface area contributed by atoms with Crippen molar-refractivity contribution in [1.29, 1.82) is 0 Å². The van der Waals surface area contributed by atoms with Gasteiger partial charge in [0.05, 0.1) is 18.1 Å².